The van der Waals surface area contributed by atoms with Gasteiger partial charge in [0.1, 0.15) is 0 Å². The standard InChI is InChI=1S/C2H8N2.I.Pb/c3-1-2-4;;/h1-4H2;;. The number of rotatable bonds is 1. The van der Waals surface area contributed by atoms with Gasteiger partial charge in [0.2, 0.25) is 0 Å². The summed E-state index contributed by atoms with van der Waals surface area (Å²) in [5.41, 5.74) is 9.81. The Hall–Kier alpha value is 1.57. The Bertz CT molecular complexity index is 13.5. The fourth-order valence-electron chi connectivity index (χ4n) is 0. The van der Waals surface area contributed by atoms with Crippen molar-refractivity contribution >= 4 is 51.3 Å². The number of halogens is 1. The molecule has 0 atom stereocenters. The van der Waals surface area contributed by atoms with Crippen LogP contribution in [0.2, 0.25) is 0 Å². The number of hydrogen-bond donors (Lipinski definition) is 2. The average molecular weight is 394 g/mol. The van der Waals surface area contributed by atoms with Crippen LogP contribution in [0.25, 0.3) is 0 Å². The molecule has 0 rings (SSSR count). The van der Waals surface area contributed by atoms with Gasteiger partial charge in [0.15, 0.2) is 0 Å². The van der Waals surface area contributed by atoms with Crippen molar-refractivity contribution in [1.29, 1.82) is 0 Å². The topological polar surface area (TPSA) is 52.0 Å². The van der Waals surface area contributed by atoms with E-state index in [1.807, 2.05) is 0 Å². The minimum Gasteiger partial charge on any atom is -0.329 e. The molecule has 37 valence electrons. The largest absolute Gasteiger partial charge is 0.329 e. The molecule has 6 heavy (non-hydrogen) atoms. The van der Waals surface area contributed by atoms with Gasteiger partial charge in [-0.25, -0.2) is 0 Å². The van der Waals surface area contributed by atoms with Gasteiger partial charge in [-0.2, -0.15) is 0 Å². The van der Waals surface area contributed by atoms with E-state index in [9.17, 15) is 0 Å². The molecule has 4 N–H and O–H groups in total. The quantitative estimate of drug-likeness (QED) is 0.462. The van der Waals surface area contributed by atoms with E-state index in [1.54, 1.807) is 0 Å². The molecule has 0 aromatic heterocycles. The molecule has 5 radical (unpaired) electrons. The maximum Gasteiger partial charge on any atom is 0.00461 e. The summed E-state index contributed by atoms with van der Waals surface area (Å²) in [6.45, 7) is 1.19. The van der Waals surface area contributed by atoms with Crippen molar-refractivity contribution < 1.29 is 0 Å². The van der Waals surface area contributed by atoms with E-state index in [-0.39, 0.29) is 51.3 Å². The second-order valence-electron chi connectivity index (χ2n) is 0.577. The van der Waals surface area contributed by atoms with Crippen LogP contribution < -0.4 is 11.5 Å². The molecule has 4 heteroatoms. The average Bonchev–Trinajstić information content (AvgIpc) is 1.37. The summed E-state index contributed by atoms with van der Waals surface area (Å²) in [6, 6.07) is 0. The molecule has 0 spiro atoms. The second kappa shape index (κ2) is 16.0. The third-order valence-corrected chi connectivity index (χ3v) is 0.167. The fourth-order valence-corrected chi connectivity index (χ4v) is 0. The van der Waals surface area contributed by atoms with Crippen LogP contribution in [0.3, 0.4) is 0 Å². The molecule has 0 amide bonds. The van der Waals surface area contributed by atoms with Crippen LogP contribution in [0.4, 0.5) is 0 Å². The van der Waals surface area contributed by atoms with Gasteiger partial charge < -0.3 is 11.5 Å². The van der Waals surface area contributed by atoms with Gasteiger partial charge in [0.25, 0.3) is 0 Å². The summed E-state index contributed by atoms with van der Waals surface area (Å²) in [5, 5.41) is 0. The van der Waals surface area contributed by atoms with E-state index < -0.39 is 0 Å². The zero-order valence-electron chi connectivity index (χ0n) is 3.45. The third-order valence-electron chi connectivity index (χ3n) is 0.167. The maximum absolute atomic E-state index is 4.90. The second-order valence-corrected chi connectivity index (χ2v) is 0.577. The van der Waals surface area contributed by atoms with E-state index in [2.05, 4.69) is 0 Å². The van der Waals surface area contributed by atoms with E-state index in [0.717, 1.165) is 0 Å². The zero-order chi connectivity index (χ0) is 3.41. The summed E-state index contributed by atoms with van der Waals surface area (Å²) in [5.74, 6) is 0. The molecule has 0 saturated carbocycles. The normalized spacial score (nSPS) is 5.00. The predicted octanol–water partition coefficient (Wildman–Crippen LogP) is -0.591. The summed E-state index contributed by atoms with van der Waals surface area (Å²) in [7, 11) is 0. The van der Waals surface area contributed by atoms with E-state index in [0.29, 0.717) is 13.1 Å². The first-order valence-corrected chi connectivity index (χ1v) is 1.32. The van der Waals surface area contributed by atoms with Crippen LogP contribution in [0.15, 0.2) is 0 Å². The third kappa shape index (κ3) is 17.6. The maximum atomic E-state index is 4.90. The van der Waals surface area contributed by atoms with Crippen molar-refractivity contribution in [3.63, 3.8) is 0 Å². The molecule has 0 unspecified atom stereocenters. The van der Waals surface area contributed by atoms with Crippen LogP contribution in [0.1, 0.15) is 0 Å². The van der Waals surface area contributed by atoms with Crippen molar-refractivity contribution in [1.82, 2.24) is 0 Å². The molecule has 0 aromatic rings. The van der Waals surface area contributed by atoms with Crippen molar-refractivity contribution in [3.8, 4) is 0 Å². The molecule has 0 saturated heterocycles. The monoisotopic (exact) mass is 395 g/mol. The molecule has 0 fully saturated rings. The van der Waals surface area contributed by atoms with Gasteiger partial charge in [-0.05, 0) is 0 Å². The first-order chi connectivity index (χ1) is 1.91. The Morgan fingerprint density at radius 3 is 1.17 bits per heavy atom. The fraction of sp³-hybridized carbons (Fsp3) is 1.00. The minimum atomic E-state index is 0. The smallest absolute Gasteiger partial charge is 0.00461 e. The molecular weight excluding hydrogens is 386 g/mol. The molecule has 0 aromatic carbocycles. The van der Waals surface area contributed by atoms with Crippen molar-refractivity contribution in [2.24, 2.45) is 11.5 Å². The Morgan fingerprint density at radius 1 is 1.00 bits per heavy atom. The number of nitrogens with two attached hydrogens (primary N) is 2. The Morgan fingerprint density at radius 2 is 1.17 bits per heavy atom. The first-order valence-electron chi connectivity index (χ1n) is 1.32. The van der Waals surface area contributed by atoms with Crippen molar-refractivity contribution in [3.05, 3.63) is 0 Å². The predicted molar refractivity (Wildman–Crippen MR) is 37.9 cm³/mol. The van der Waals surface area contributed by atoms with E-state index in [4.69, 9.17) is 11.5 Å². The first kappa shape index (κ1) is 15.6. The van der Waals surface area contributed by atoms with Gasteiger partial charge in [0.05, 0.1) is 0 Å². The van der Waals surface area contributed by atoms with Crippen LogP contribution in [-0.4, -0.2) is 40.4 Å². The molecular formula is C2H8IN2Pb. The van der Waals surface area contributed by atoms with Gasteiger partial charge in [-0.1, -0.05) is 0 Å². The van der Waals surface area contributed by atoms with Crippen LogP contribution >= 0.6 is 24.0 Å². The Balaban J connectivity index is -0.0000000450. The molecule has 0 bridgehead atoms. The van der Waals surface area contributed by atoms with Gasteiger partial charge in [-0.15, -0.1) is 0 Å². The molecule has 2 nitrogen and oxygen atoms in total. The van der Waals surface area contributed by atoms with Crippen molar-refractivity contribution in [2.75, 3.05) is 13.1 Å². The Labute approximate surface area is 75.2 Å². The van der Waals surface area contributed by atoms with E-state index >= 15 is 0 Å². The molecule has 0 aliphatic heterocycles. The summed E-state index contributed by atoms with van der Waals surface area (Å²) >= 11 is 0. The SMILES string of the molecule is NCCN.[I].[Pb]. The van der Waals surface area contributed by atoms with Gasteiger partial charge in [-0.3, -0.25) is 0 Å². The van der Waals surface area contributed by atoms with Crippen molar-refractivity contribution in [2.45, 2.75) is 0 Å². The molecule has 0 heterocycles. The number of hydrogen-bond acceptors (Lipinski definition) is 2. The summed E-state index contributed by atoms with van der Waals surface area (Å²) in [4.78, 5) is 0. The van der Waals surface area contributed by atoms with Gasteiger partial charge >= 0.3 is 0 Å². The molecule has 0 aliphatic carbocycles. The zero-order valence-corrected chi connectivity index (χ0v) is 9.49. The van der Waals surface area contributed by atoms with E-state index in [1.165, 1.54) is 0 Å². The molecule has 0 aliphatic rings. The van der Waals surface area contributed by atoms with Crippen LogP contribution in [-0.2, 0) is 0 Å². The summed E-state index contributed by atoms with van der Waals surface area (Å²) in [6.07, 6.45) is 0. The van der Waals surface area contributed by atoms with Gasteiger partial charge in [0, 0.05) is 64.4 Å². The van der Waals surface area contributed by atoms with Crippen LogP contribution in [0, 0.1) is 0 Å². The van der Waals surface area contributed by atoms with Crippen LogP contribution in [0.5, 0.6) is 0 Å². The minimum absolute atomic E-state index is 0. The summed E-state index contributed by atoms with van der Waals surface area (Å²) < 4.78 is 0. The Kier molecular flexibility index (Phi) is 41.7.